The summed E-state index contributed by atoms with van der Waals surface area (Å²) >= 11 is 0. The number of unbranched alkanes of at least 4 members (excludes halogenated alkanes) is 35. The van der Waals surface area contributed by atoms with E-state index in [-0.39, 0.29) is 13.0 Å². The Morgan fingerprint density at radius 2 is 0.780 bits per heavy atom. The zero-order valence-corrected chi connectivity index (χ0v) is 39.5. The van der Waals surface area contributed by atoms with Crippen molar-refractivity contribution in [3.8, 4) is 0 Å². The highest BCUT2D eigenvalue weighted by molar-refractivity contribution is 7.47. The molecule has 0 aromatic carbocycles. The van der Waals surface area contributed by atoms with E-state index in [1.807, 2.05) is 0 Å². The number of hydrogen-bond donors (Lipinski definition) is 3. The highest BCUT2D eigenvalue weighted by atomic mass is 31.2. The van der Waals surface area contributed by atoms with Crippen LogP contribution in [0.1, 0.15) is 258 Å². The summed E-state index contributed by atoms with van der Waals surface area (Å²) in [5.41, 5.74) is 5.37. The average Bonchev–Trinajstić information content (AvgIpc) is 3.21. The molecular weight excluding hydrogens is 765 g/mol. The summed E-state index contributed by atoms with van der Waals surface area (Å²) in [7, 11) is -4.61. The first-order chi connectivity index (χ1) is 28.7. The minimum atomic E-state index is -4.61. The van der Waals surface area contributed by atoms with Crippen LogP contribution in [0.15, 0.2) is 0 Å². The van der Waals surface area contributed by atoms with Crippen molar-refractivity contribution in [1.82, 2.24) is 0 Å². The van der Waals surface area contributed by atoms with Crippen LogP contribution < -0.4 is 5.73 Å². The van der Waals surface area contributed by atoms with E-state index in [1.54, 1.807) is 0 Å². The molecule has 0 rings (SSSR count). The third-order valence-corrected chi connectivity index (χ3v) is 12.3. The lowest BCUT2D eigenvalue weighted by atomic mass is 10.0. The number of phosphoric ester groups is 1. The standard InChI is InChI=1S/C48H96NO9P/c1-3-5-7-9-11-13-15-17-19-21-23-25-27-29-31-33-35-37-39-41-55-42-45(43-56-59(53,54)57-44-46(49)48(51)52)58-47(50)40-38-36-34-32-30-28-26-24-22-20-18-16-14-12-10-8-6-4-2/h45-46H,3-44,49H2,1-2H3,(H,51,52)(H,53,54). The van der Waals surface area contributed by atoms with Crippen LogP contribution in [0.4, 0.5) is 0 Å². The average molecular weight is 862 g/mol. The van der Waals surface area contributed by atoms with Crippen molar-refractivity contribution in [2.45, 2.75) is 270 Å². The summed E-state index contributed by atoms with van der Waals surface area (Å²) in [6.45, 7) is 3.96. The number of rotatable bonds is 49. The normalized spacial score (nSPS) is 13.7. The molecule has 0 radical (unpaired) electrons. The van der Waals surface area contributed by atoms with Crippen LogP contribution in [-0.2, 0) is 32.7 Å². The number of ether oxygens (including phenoxy) is 2. The third-order valence-electron chi connectivity index (χ3n) is 11.4. The Hall–Kier alpha value is -1.03. The summed E-state index contributed by atoms with van der Waals surface area (Å²) in [5, 5.41) is 8.92. The van der Waals surface area contributed by atoms with Crippen molar-refractivity contribution in [2.24, 2.45) is 5.73 Å². The fraction of sp³-hybridized carbons (Fsp3) is 0.958. The number of carboxylic acids is 1. The van der Waals surface area contributed by atoms with Gasteiger partial charge in [0, 0.05) is 13.0 Å². The van der Waals surface area contributed by atoms with Gasteiger partial charge in [-0.25, -0.2) is 4.57 Å². The molecule has 11 heteroatoms. The molecular formula is C48H96NO9P. The lowest BCUT2D eigenvalue weighted by molar-refractivity contribution is -0.154. The van der Waals surface area contributed by atoms with Crippen LogP contribution in [0.25, 0.3) is 0 Å². The highest BCUT2D eigenvalue weighted by Crippen LogP contribution is 2.43. The number of esters is 1. The molecule has 0 bridgehead atoms. The van der Waals surface area contributed by atoms with Crippen LogP contribution in [-0.4, -0.2) is 60.5 Å². The van der Waals surface area contributed by atoms with E-state index in [0.29, 0.717) is 6.61 Å². The van der Waals surface area contributed by atoms with Gasteiger partial charge in [-0.1, -0.05) is 239 Å². The van der Waals surface area contributed by atoms with Gasteiger partial charge in [0.15, 0.2) is 0 Å². The molecule has 4 N–H and O–H groups in total. The van der Waals surface area contributed by atoms with E-state index in [9.17, 15) is 19.0 Å². The van der Waals surface area contributed by atoms with Gasteiger partial charge in [-0.05, 0) is 12.8 Å². The molecule has 10 nitrogen and oxygen atoms in total. The van der Waals surface area contributed by atoms with Crippen LogP contribution in [0, 0.1) is 0 Å². The van der Waals surface area contributed by atoms with Gasteiger partial charge in [0.2, 0.25) is 0 Å². The summed E-state index contributed by atoms with van der Waals surface area (Å²) in [4.78, 5) is 33.6. The first-order valence-electron chi connectivity index (χ1n) is 25.1. The van der Waals surface area contributed by atoms with Gasteiger partial charge in [-0.2, -0.15) is 0 Å². The molecule has 0 aliphatic carbocycles. The Balaban J connectivity index is 4.10. The largest absolute Gasteiger partial charge is 0.480 e. The molecule has 59 heavy (non-hydrogen) atoms. The number of nitrogens with two attached hydrogens (primary N) is 1. The number of hydrogen-bond acceptors (Lipinski definition) is 8. The lowest BCUT2D eigenvalue weighted by Crippen LogP contribution is -2.34. The van der Waals surface area contributed by atoms with E-state index in [1.165, 1.54) is 199 Å². The Morgan fingerprint density at radius 3 is 1.12 bits per heavy atom. The molecule has 0 aromatic rings. The van der Waals surface area contributed by atoms with Crippen molar-refractivity contribution in [2.75, 3.05) is 26.4 Å². The molecule has 0 saturated carbocycles. The summed E-state index contributed by atoms with van der Waals surface area (Å²) in [6.07, 6.45) is 47.3. The van der Waals surface area contributed by atoms with E-state index >= 15 is 0 Å². The second-order valence-corrected chi connectivity index (χ2v) is 18.8. The summed E-state index contributed by atoms with van der Waals surface area (Å²) in [6, 6.07) is -1.47. The van der Waals surface area contributed by atoms with E-state index in [2.05, 4.69) is 13.8 Å². The number of phosphoric acid groups is 1. The molecule has 0 aromatic heterocycles. The van der Waals surface area contributed by atoms with Gasteiger partial charge in [-0.3, -0.25) is 18.6 Å². The van der Waals surface area contributed by atoms with Gasteiger partial charge >= 0.3 is 19.8 Å². The van der Waals surface area contributed by atoms with Crippen molar-refractivity contribution in [1.29, 1.82) is 0 Å². The SMILES string of the molecule is CCCCCCCCCCCCCCCCCCCCCOCC(COP(=O)(O)OCC(N)C(=O)O)OC(=O)CCCCCCCCCCCCCCCCCCCC. The molecule has 0 saturated heterocycles. The van der Waals surface area contributed by atoms with Crippen LogP contribution in [0.3, 0.4) is 0 Å². The van der Waals surface area contributed by atoms with Gasteiger partial charge in [-0.15, -0.1) is 0 Å². The smallest absolute Gasteiger partial charge is 0.472 e. The lowest BCUT2D eigenvalue weighted by Gasteiger charge is -2.20. The highest BCUT2D eigenvalue weighted by Gasteiger charge is 2.27. The number of carbonyl (C=O) groups is 2. The Morgan fingerprint density at radius 1 is 0.475 bits per heavy atom. The maximum Gasteiger partial charge on any atom is 0.472 e. The van der Waals surface area contributed by atoms with E-state index in [4.69, 9.17) is 29.4 Å². The van der Waals surface area contributed by atoms with Gasteiger partial charge in [0.1, 0.15) is 12.1 Å². The molecule has 0 aliphatic heterocycles. The molecule has 0 aliphatic rings. The first kappa shape index (κ1) is 58.0. The van der Waals surface area contributed by atoms with Crippen LogP contribution in [0.2, 0.25) is 0 Å². The molecule has 3 unspecified atom stereocenters. The first-order valence-corrected chi connectivity index (χ1v) is 26.6. The van der Waals surface area contributed by atoms with Crippen LogP contribution >= 0.6 is 7.82 Å². The molecule has 0 amide bonds. The third kappa shape index (κ3) is 44.8. The van der Waals surface area contributed by atoms with Gasteiger partial charge in [0.05, 0.1) is 19.8 Å². The molecule has 3 atom stereocenters. The fourth-order valence-electron chi connectivity index (χ4n) is 7.49. The number of aliphatic carboxylic acids is 1. The maximum atomic E-state index is 12.7. The predicted octanol–water partition coefficient (Wildman–Crippen LogP) is 14.3. The monoisotopic (exact) mass is 862 g/mol. The minimum Gasteiger partial charge on any atom is -0.480 e. The zero-order chi connectivity index (χ0) is 43.3. The topological polar surface area (TPSA) is 155 Å². The number of carboxylic acid groups (broad SMARTS) is 1. The second kappa shape index (κ2) is 45.0. The Labute approximate surface area is 363 Å². The minimum absolute atomic E-state index is 0.0263. The van der Waals surface area contributed by atoms with Gasteiger partial charge < -0.3 is 25.2 Å². The molecule has 0 fully saturated rings. The van der Waals surface area contributed by atoms with E-state index < -0.39 is 45.1 Å². The van der Waals surface area contributed by atoms with Crippen molar-refractivity contribution < 1.29 is 42.7 Å². The summed E-state index contributed by atoms with van der Waals surface area (Å²) < 4.78 is 33.5. The van der Waals surface area contributed by atoms with Crippen molar-refractivity contribution >= 4 is 19.8 Å². The summed E-state index contributed by atoms with van der Waals surface area (Å²) in [5.74, 6) is -1.76. The Kier molecular flexibility index (Phi) is 44.2. The van der Waals surface area contributed by atoms with Crippen LogP contribution in [0.5, 0.6) is 0 Å². The predicted molar refractivity (Wildman–Crippen MR) is 245 cm³/mol. The Bertz CT molecular complexity index is 955. The van der Waals surface area contributed by atoms with E-state index in [0.717, 1.165) is 38.5 Å². The zero-order valence-electron chi connectivity index (χ0n) is 38.6. The molecule has 0 heterocycles. The molecule has 352 valence electrons. The number of carbonyl (C=O) groups excluding carboxylic acids is 1. The van der Waals surface area contributed by atoms with Crippen molar-refractivity contribution in [3.63, 3.8) is 0 Å². The van der Waals surface area contributed by atoms with Gasteiger partial charge in [0.25, 0.3) is 0 Å². The molecule has 0 spiro atoms. The second-order valence-electron chi connectivity index (χ2n) is 17.3. The maximum absolute atomic E-state index is 12.7. The fourth-order valence-corrected chi connectivity index (χ4v) is 8.27. The van der Waals surface area contributed by atoms with Crippen molar-refractivity contribution in [3.05, 3.63) is 0 Å². The quantitative estimate of drug-likeness (QED) is 0.0306.